The third kappa shape index (κ3) is 4.37. The molecule has 2 aromatic rings. The summed E-state index contributed by atoms with van der Waals surface area (Å²) in [4.78, 5) is 39.1. The third-order valence-corrected chi connectivity index (χ3v) is 6.12. The standard InChI is InChI=1S/C23H30N6O3/c1-12(2)20-22(31)27-19-13(3)25-23(28-21(19)29(20)5)26-16-8-15(9-16)11-32-17-6-7-18(14(4)30)24-10-17/h6-7,10,12,15-16,20H,8-9,11H2,1-5H3,(H,27,31)(H,25,26,28)/t15-,16+,20?. The fourth-order valence-electron chi connectivity index (χ4n) is 4.34. The number of carbonyl (C=O) groups is 2. The van der Waals surface area contributed by atoms with Crippen LogP contribution in [0.1, 0.15) is 49.8 Å². The molecule has 9 nitrogen and oxygen atoms in total. The third-order valence-electron chi connectivity index (χ3n) is 6.12. The molecule has 1 unspecified atom stereocenters. The largest absolute Gasteiger partial charge is 0.492 e. The van der Waals surface area contributed by atoms with Crippen LogP contribution in [-0.4, -0.2) is 52.4 Å². The molecular formula is C23H30N6O3. The zero-order valence-corrected chi connectivity index (χ0v) is 19.2. The van der Waals surface area contributed by atoms with Crippen LogP contribution in [-0.2, 0) is 4.79 Å². The number of pyridine rings is 1. The number of ketones is 1. The quantitative estimate of drug-likeness (QED) is 0.635. The Kier molecular flexibility index (Phi) is 5.99. The van der Waals surface area contributed by atoms with E-state index in [-0.39, 0.29) is 29.7 Å². The molecule has 4 rings (SSSR count). The summed E-state index contributed by atoms with van der Waals surface area (Å²) in [6.45, 7) is 8.05. The Hall–Kier alpha value is -3.23. The summed E-state index contributed by atoms with van der Waals surface area (Å²) in [5.41, 5.74) is 1.88. The van der Waals surface area contributed by atoms with E-state index in [2.05, 4.69) is 20.6 Å². The Morgan fingerprint density at radius 2 is 2.06 bits per heavy atom. The maximum atomic E-state index is 12.5. The number of rotatable bonds is 7. The van der Waals surface area contributed by atoms with Gasteiger partial charge in [-0.15, -0.1) is 0 Å². The summed E-state index contributed by atoms with van der Waals surface area (Å²) in [6.07, 6.45) is 3.51. The number of fused-ring (bicyclic) bond motifs is 1. The second-order valence-electron chi connectivity index (χ2n) is 9.05. The van der Waals surface area contributed by atoms with Gasteiger partial charge in [-0.05, 0) is 43.7 Å². The number of hydrogen-bond donors (Lipinski definition) is 2. The summed E-state index contributed by atoms with van der Waals surface area (Å²) >= 11 is 0. The summed E-state index contributed by atoms with van der Waals surface area (Å²) in [7, 11) is 1.91. The minimum atomic E-state index is -0.256. The number of nitrogens with one attached hydrogen (secondary N) is 2. The van der Waals surface area contributed by atoms with Crippen LogP contribution in [0.2, 0.25) is 0 Å². The summed E-state index contributed by atoms with van der Waals surface area (Å²) in [5, 5.41) is 6.40. The van der Waals surface area contributed by atoms with E-state index in [0.717, 1.165) is 24.4 Å². The first-order valence-corrected chi connectivity index (χ1v) is 11.0. The number of nitrogens with zero attached hydrogens (tertiary/aromatic N) is 4. The predicted octanol–water partition coefficient (Wildman–Crippen LogP) is 3.07. The summed E-state index contributed by atoms with van der Waals surface area (Å²) < 4.78 is 5.82. The molecule has 1 saturated carbocycles. The second-order valence-corrected chi connectivity index (χ2v) is 9.05. The monoisotopic (exact) mass is 438 g/mol. The number of anilines is 3. The van der Waals surface area contributed by atoms with Crippen molar-refractivity contribution in [1.82, 2.24) is 15.0 Å². The molecule has 3 heterocycles. The van der Waals surface area contributed by atoms with Crippen LogP contribution in [0.15, 0.2) is 18.3 Å². The molecule has 0 aromatic carbocycles. The number of aromatic nitrogens is 3. The molecule has 1 atom stereocenters. The lowest BCUT2D eigenvalue weighted by Crippen LogP contribution is -2.50. The van der Waals surface area contributed by atoms with Crippen LogP contribution in [0.5, 0.6) is 5.75 Å². The molecule has 0 saturated heterocycles. The maximum Gasteiger partial charge on any atom is 0.247 e. The summed E-state index contributed by atoms with van der Waals surface area (Å²) in [5.74, 6) is 2.53. The van der Waals surface area contributed by atoms with Gasteiger partial charge in [-0.25, -0.2) is 9.97 Å². The van der Waals surface area contributed by atoms with Crippen molar-refractivity contribution in [3.8, 4) is 5.75 Å². The molecule has 0 bridgehead atoms. The zero-order valence-electron chi connectivity index (χ0n) is 19.2. The van der Waals surface area contributed by atoms with Gasteiger partial charge in [0.1, 0.15) is 23.2 Å². The van der Waals surface area contributed by atoms with Gasteiger partial charge in [-0.2, -0.15) is 4.98 Å². The van der Waals surface area contributed by atoms with Crippen molar-refractivity contribution in [2.45, 2.75) is 52.6 Å². The highest BCUT2D eigenvalue weighted by molar-refractivity contribution is 6.03. The van der Waals surface area contributed by atoms with Crippen LogP contribution >= 0.6 is 0 Å². The molecule has 0 spiro atoms. The number of likely N-dealkylation sites (N-methyl/N-ethyl adjacent to an activating group) is 1. The number of ether oxygens (including phenoxy) is 1. The number of aryl methyl sites for hydroxylation is 1. The first-order chi connectivity index (χ1) is 15.2. The van der Waals surface area contributed by atoms with E-state index < -0.39 is 0 Å². The van der Waals surface area contributed by atoms with E-state index in [1.165, 1.54) is 6.92 Å². The van der Waals surface area contributed by atoms with E-state index in [9.17, 15) is 9.59 Å². The smallest absolute Gasteiger partial charge is 0.247 e. The van der Waals surface area contributed by atoms with Crippen LogP contribution in [0.3, 0.4) is 0 Å². The van der Waals surface area contributed by atoms with E-state index in [4.69, 9.17) is 9.72 Å². The van der Waals surface area contributed by atoms with E-state index >= 15 is 0 Å². The molecule has 32 heavy (non-hydrogen) atoms. The van der Waals surface area contributed by atoms with Crippen LogP contribution < -0.4 is 20.3 Å². The minimum absolute atomic E-state index is 0.0182. The lowest BCUT2D eigenvalue weighted by atomic mass is 9.81. The van der Waals surface area contributed by atoms with Crippen molar-refractivity contribution in [2.24, 2.45) is 11.8 Å². The molecule has 9 heteroatoms. The molecule has 1 aliphatic carbocycles. The van der Waals surface area contributed by atoms with Crippen LogP contribution in [0.25, 0.3) is 0 Å². The van der Waals surface area contributed by atoms with Gasteiger partial charge in [0, 0.05) is 20.0 Å². The Labute approximate surface area is 188 Å². The van der Waals surface area contributed by atoms with Crippen molar-refractivity contribution in [2.75, 3.05) is 29.2 Å². The highest BCUT2D eigenvalue weighted by Gasteiger charge is 2.36. The molecular weight excluding hydrogens is 408 g/mol. The van der Waals surface area contributed by atoms with E-state index in [0.29, 0.717) is 35.6 Å². The van der Waals surface area contributed by atoms with Gasteiger partial charge in [0.2, 0.25) is 11.9 Å². The van der Waals surface area contributed by atoms with E-state index in [1.54, 1.807) is 18.3 Å². The Morgan fingerprint density at radius 1 is 1.31 bits per heavy atom. The Morgan fingerprint density at radius 3 is 2.69 bits per heavy atom. The van der Waals surface area contributed by atoms with Gasteiger partial charge >= 0.3 is 0 Å². The normalized spacial score (nSPS) is 22.1. The van der Waals surface area contributed by atoms with Crippen LogP contribution in [0.4, 0.5) is 17.5 Å². The van der Waals surface area contributed by atoms with Gasteiger partial charge in [-0.1, -0.05) is 13.8 Å². The van der Waals surface area contributed by atoms with Crippen molar-refractivity contribution in [3.63, 3.8) is 0 Å². The summed E-state index contributed by atoms with van der Waals surface area (Å²) in [6, 6.07) is 3.49. The molecule has 1 amide bonds. The average Bonchev–Trinajstić information content (AvgIpc) is 2.70. The molecule has 2 N–H and O–H groups in total. The van der Waals surface area contributed by atoms with Gasteiger partial charge < -0.3 is 20.3 Å². The first kappa shape index (κ1) is 22.0. The van der Waals surface area contributed by atoms with Gasteiger partial charge in [0.15, 0.2) is 11.6 Å². The second kappa shape index (κ2) is 8.72. The highest BCUT2D eigenvalue weighted by atomic mass is 16.5. The Bertz CT molecular complexity index is 1020. The lowest BCUT2D eigenvalue weighted by Gasteiger charge is -2.38. The number of hydrogen-bond acceptors (Lipinski definition) is 8. The van der Waals surface area contributed by atoms with Crippen molar-refractivity contribution >= 4 is 29.1 Å². The zero-order chi connectivity index (χ0) is 23.0. The van der Waals surface area contributed by atoms with Gasteiger partial charge in [-0.3, -0.25) is 9.59 Å². The Balaban J connectivity index is 1.33. The van der Waals surface area contributed by atoms with Gasteiger partial charge in [0.25, 0.3) is 0 Å². The molecule has 170 valence electrons. The minimum Gasteiger partial charge on any atom is -0.492 e. The molecule has 1 fully saturated rings. The number of carbonyl (C=O) groups excluding carboxylic acids is 2. The number of Topliss-reactive ketones (excluding diaryl/α,β-unsaturated/α-hetero) is 1. The van der Waals surface area contributed by atoms with Crippen molar-refractivity contribution in [1.29, 1.82) is 0 Å². The lowest BCUT2D eigenvalue weighted by molar-refractivity contribution is -0.118. The fourth-order valence-corrected chi connectivity index (χ4v) is 4.34. The maximum absolute atomic E-state index is 12.5. The fraction of sp³-hybridized carbons (Fsp3) is 0.522. The first-order valence-electron chi connectivity index (χ1n) is 11.0. The molecule has 0 radical (unpaired) electrons. The van der Waals surface area contributed by atoms with E-state index in [1.807, 2.05) is 32.7 Å². The van der Waals surface area contributed by atoms with Crippen molar-refractivity contribution < 1.29 is 14.3 Å². The average molecular weight is 439 g/mol. The van der Waals surface area contributed by atoms with Gasteiger partial charge in [0.05, 0.1) is 18.5 Å². The van der Waals surface area contributed by atoms with Crippen LogP contribution in [0, 0.1) is 18.8 Å². The molecule has 2 aromatic heterocycles. The topological polar surface area (TPSA) is 109 Å². The highest BCUT2D eigenvalue weighted by Crippen LogP contribution is 2.35. The SMILES string of the molecule is CC(=O)c1ccc(OC[C@H]2C[C@@H](Nc3nc(C)c4c(n3)N(C)C(C(C)C)C(=O)N4)C2)cn1. The predicted molar refractivity (Wildman–Crippen MR) is 122 cm³/mol. The number of amides is 1. The molecule has 1 aliphatic heterocycles. The molecule has 2 aliphatic rings. The van der Waals surface area contributed by atoms with Crippen molar-refractivity contribution in [3.05, 3.63) is 29.7 Å².